The first-order chi connectivity index (χ1) is 18.7. The van der Waals surface area contributed by atoms with E-state index in [0.29, 0.717) is 59.8 Å². The summed E-state index contributed by atoms with van der Waals surface area (Å²) in [5.74, 6) is 0.0445. The third-order valence-corrected chi connectivity index (χ3v) is 6.17. The molecular formula is C31H33NO7. The van der Waals surface area contributed by atoms with Crippen molar-refractivity contribution in [3.8, 4) is 23.0 Å². The molecule has 1 amide bonds. The highest BCUT2D eigenvalue weighted by Crippen LogP contribution is 2.44. The molecule has 8 heteroatoms. The molecule has 1 fully saturated rings. The maximum absolute atomic E-state index is 13.5. The van der Waals surface area contributed by atoms with Crippen molar-refractivity contribution in [3.05, 3.63) is 83.4 Å². The minimum Gasteiger partial charge on any atom is -0.508 e. The van der Waals surface area contributed by atoms with E-state index in [0.717, 1.165) is 0 Å². The van der Waals surface area contributed by atoms with E-state index in [-0.39, 0.29) is 17.1 Å². The molecular weight excluding hydrogens is 498 g/mol. The molecule has 1 heterocycles. The Hall–Kier alpha value is -4.46. The molecule has 1 aliphatic heterocycles. The Kier molecular flexibility index (Phi) is 8.44. The lowest BCUT2D eigenvalue weighted by Gasteiger charge is -2.26. The van der Waals surface area contributed by atoms with Crippen LogP contribution in [0, 0.1) is 5.92 Å². The van der Waals surface area contributed by atoms with Gasteiger partial charge in [-0.2, -0.15) is 0 Å². The van der Waals surface area contributed by atoms with Crippen LogP contribution in [0.1, 0.15) is 44.9 Å². The number of hydrogen-bond donors (Lipinski definition) is 2. The topological polar surface area (TPSA) is 106 Å². The first-order valence-electron chi connectivity index (χ1n) is 13.0. The number of aromatic hydroxyl groups is 1. The Balaban J connectivity index is 1.83. The summed E-state index contributed by atoms with van der Waals surface area (Å²) < 4.78 is 17.1. The average Bonchev–Trinajstić information content (AvgIpc) is 3.19. The maximum Gasteiger partial charge on any atom is 0.300 e. The molecule has 1 saturated heterocycles. The summed E-state index contributed by atoms with van der Waals surface area (Å²) in [4.78, 5) is 28.2. The van der Waals surface area contributed by atoms with E-state index in [1.54, 1.807) is 54.6 Å². The Bertz CT molecular complexity index is 1360. The van der Waals surface area contributed by atoms with Crippen LogP contribution in [-0.4, -0.2) is 41.7 Å². The quantitative estimate of drug-likeness (QED) is 0.192. The Morgan fingerprint density at radius 1 is 0.872 bits per heavy atom. The minimum absolute atomic E-state index is 0.0346. The molecule has 0 aliphatic carbocycles. The Morgan fingerprint density at radius 3 is 2.13 bits per heavy atom. The summed E-state index contributed by atoms with van der Waals surface area (Å²) in [6.45, 7) is 9.14. The van der Waals surface area contributed by atoms with Crippen LogP contribution in [0.5, 0.6) is 23.0 Å². The van der Waals surface area contributed by atoms with Gasteiger partial charge in [-0.1, -0.05) is 26.0 Å². The van der Waals surface area contributed by atoms with Crippen molar-refractivity contribution >= 4 is 23.1 Å². The SMILES string of the molecule is CCOc1ccc(N2C(=O)C(=O)/C(=C(/O)c3ccc(OCC(C)C)cc3)C2c2ccc(O)cc2)cc1OCC. The monoisotopic (exact) mass is 531 g/mol. The number of carbonyl (C=O) groups excluding carboxylic acids is 2. The molecule has 1 atom stereocenters. The van der Waals surface area contributed by atoms with E-state index >= 15 is 0 Å². The van der Waals surface area contributed by atoms with Gasteiger partial charge >= 0.3 is 0 Å². The molecule has 4 rings (SSSR count). The molecule has 3 aromatic rings. The number of hydrogen-bond acceptors (Lipinski definition) is 7. The van der Waals surface area contributed by atoms with Gasteiger partial charge in [-0.25, -0.2) is 0 Å². The number of amides is 1. The largest absolute Gasteiger partial charge is 0.508 e. The number of phenolic OH excluding ortho intramolecular Hbond substituents is 1. The van der Waals surface area contributed by atoms with Crippen LogP contribution in [0.25, 0.3) is 5.76 Å². The van der Waals surface area contributed by atoms with Crippen LogP contribution in [0.3, 0.4) is 0 Å². The van der Waals surface area contributed by atoms with E-state index in [9.17, 15) is 19.8 Å². The Labute approximate surface area is 228 Å². The highest BCUT2D eigenvalue weighted by atomic mass is 16.5. The molecule has 0 bridgehead atoms. The first kappa shape index (κ1) is 27.6. The van der Waals surface area contributed by atoms with Crippen molar-refractivity contribution in [3.63, 3.8) is 0 Å². The number of ether oxygens (including phenoxy) is 3. The van der Waals surface area contributed by atoms with E-state index in [1.807, 2.05) is 27.7 Å². The van der Waals surface area contributed by atoms with E-state index in [1.165, 1.54) is 17.0 Å². The highest BCUT2D eigenvalue weighted by Gasteiger charge is 2.47. The lowest BCUT2D eigenvalue weighted by atomic mass is 9.95. The number of anilines is 1. The van der Waals surface area contributed by atoms with Crippen LogP contribution in [-0.2, 0) is 9.59 Å². The summed E-state index contributed by atoms with van der Waals surface area (Å²) in [5, 5.41) is 21.2. The second-order valence-electron chi connectivity index (χ2n) is 9.49. The van der Waals surface area contributed by atoms with Gasteiger partial charge in [0.25, 0.3) is 11.7 Å². The van der Waals surface area contributed by atoms with Gasteiger partial charge in [0.05, 0.1) is 31.4 Å². The molecule has 0 radical (unpaired) electrons. The van der Waals surface area contributed by atoms with Crippen molar-refractivity contribution in [2.24, 2.45) is 5.92 Å². The number of Topliss-reactive ketones (excluding diaryl/α,β-unsaturated/α-hetero) is 1. The van der Waals surface area contributed by atoms with Crippen molar-refractivity contribution in [1.82, 2.24) is 0 Å². The number of benzene rings is 3. The van der Waals surface area contributed by atoms with Crippen LogP contribution in [0.4, 0.5) is 5.69 Å². The fourth-order valence-electron chi connectivity index (χ4n) is 4.39. The predicted molar refractivity (Wildman–Crippen MR) is 148 cm³/mol. The molecule has 2 N–H and O–H groups in total. The average molecular weight is 532 g/mol. The lowest BCUT2D eigenvalue weighted by molar-refractivity contribution is -0.132. The molecule has 0 spiro atoms. The van der Waals surface area contributed by atoms with E-state index < -0.39 is 17.7 Å². The molecule has 0 saturated carbocycles. The van der Waals surface area contributed by atoms with Gasteiger partial charge < -0.3 is 24.4 Å². The van der Waals surface area contributed by atoms with Gasteiger partial charge in [-0.3, -0.25) is 14.5 Å². The van der Waals surface area contributed by atoms with Crippen LogP contribution in [0.2, 0.25) is 0 Å². The lowest BCUT2D eigenvalue weighted by Crippen LogP contribution is -2.29. The van der Waals surface area contributed by atoms with Crippen molar-refractivity contribution in [2.45, 2.75) is 33.7 Å². The summed E-state index contributed by atoms with van der Waals surface area (Å²) in [5.41, 5.74) is 1.25. The summed E-state index contributed by atoms with van der Waals surface area (Å²) in [7, 11) is 0. The normalized spacial score (nSPS) is 16.5. The molecule has 8 nitrogen and oxygen atoms in total. The molecule has 0 aromatic heterocycles. The van der Waals surface area contributed by atoms with Gasteiger partial charge in [-0.05, 0) is 73.9 Å². The smallest absolute Gasteiger partial charge is 0.300 e. The van der Waals surface area contributed by atoms with Gasteiger partial charge in [0.2, 0.25) is 0 Å². The molecule has 39 heavy (non-hydrogen) atoms. The van der Waals surface area contributed by atoms with Crippen LogP contribution < -0.4 is 19.1 Å². The molecule has 1 unspecified atom stereocenters. The minimum atomic E-state index is -0.949. The fourth-order valence-corrected chi connectivity index (χ4v) is 4.39. The second kappa shape index (κ2) is 11.9. The van der Waals surface area contributed by atoms with Crippen molar-refractivity contribution < 1.29 is 34.0 Å². The second-order valence-corrected chi connectivity index (χ2v) is 9.49. The third-order valence-electron chi connectivity index (χ3n) is 6.17. The number of aliphatic hydroxyl groups excluding tert-OH is 1. The van der Waals surface area contributed by atoms with Crippen molar-refractivity contribution in [2.75, 3.05) is 24.7 Å². The molecule has 1 aliphatic rings. The fraction of sp³-hybridized carbons (Fsp3) is 0.290. The zero-order valence-corrected chi connectivity index (χ0v) is 22.5. The van der Waals surface area contributed by atoms with Crippen molar-refractivity contribution in [1.29, 1.82) is 0 Å². The summed E-state index contributed by atoms with van der Waals surface area (Å²) in [6.07, 6.45) is 0. The third kappa shape index (κ3) is 5.85. The Morgan fingerprint density at radius 2 is 1.51 bits per heavy atom. The molecule has 204 valence electrons. The number of phenols is 1. The number of rotatable bonds is 10. The van der Waals surface area contributed by atoms with Gasteiger partial charge in [-0.15, -0.1) is 0 Å². The zero-order chi connectivity index (χ0) is 28.1. The maximum atomic E-state index is 13.5. The van der Waals surface area contributed by atoms with Gasteiger partial charge in [0, 0.05) is 17.3 Å². The summed E-state index contributed by atoms with van der Waals surface area (Å²) >= 11 is 0. The predicted octanol–water partition coefficient (Wildman–Crippen LogP) is 5.85. The van der Waals surface area contributed by atoms with Gasteiger partial charge in [0.1, 0.15) is 17.3 Å². The van der Waals surface area contributed by atoms with E-state index in [2.05, 4.69) is 0 Å². The highest BCUT2D eigenvalue weighted by molar-refractivity contribution is 6.51. The van der Waals surface area contributed by atoms with E-state index in [4.69, 9.17) is 14.2 Å². The van der Waals surface area contributed by atoms with Crippen LogP contribution >= 0.6 is 0 Å². The zero-order valence-electron chi connectivity index (χ0n) is 22.5. The van der Waals surface area contributed by atoms with Gasteiger partial charge in [0.15, 0.2) is 11.5 Å². The first-order valence-corrected chi connectivity index (χ1v) is 13.0. The number of carbonyl (C=O) groups is 2. The van der Waals surface area contributed by atoms with Crippen LogP contribution in [0.15, 0.2) is 72.3 Å². The summed E-state index contributed by atoms with van der Waals surface area (Å²) in [6, 6.07) is 17.0. The number of ketones is 1. The number of nitrogens with zero attached hydrogens (tertiary/aromatic N) is 1. The molecule has 3 aromatic carbocycles. The number of aliphatic hydroxyl groups is 1. The standard InChI is InChI=1S/C31H33NO7/c1-5-37-25-16-11-22(17-26(25)38-6-2)32-28(20-7-12-23(33)13-8-20)27(30(35)31(32)36)29(34)21-9-14-24(15-10-21)39-18-19(3)4/h7-17,19,28,33-34H,5-6,18H2,1-4H3/b29-27+.